The first-order chi connectivity index (χ1) is 11.8. The summed E-state index contributed by atoms with van der Waals surface area (Å²) in [5.41, 5.74) is 1.03. The van der Waals surface area contributed by atoms with Crippen LogP contribution in [0, 0.1) is 0 Å². The number of ether oxygens (including phenoxy) is 2. The Morgan fingerprint density at radius 1 is 1.17 bits per heavy atom. The molecule has 3 heterocycles. The second-order valence-corrected chi connectivity index (χ2v) is 6.63. The molecule has 1 amide bonds. The van der Waals surface area contributed by atoms with Crippen LogP contribution in [0.4, 0.5) is 0 Å². The molecule has 0 radical (unpaired) electrons. The second kappa shape index (κ2) is 5.22. The van der Waals surface area contributed by atoms with E-state index in [1.165, 1.54) is 0 Å². The molecule has 1 saturated carbocycles. The molecule has 0 bridgehead atoms. The second-order valence-electron chi connectivity index (χ2n) is 6.63. The van der Waals surface area contributed by atoms with E-state index in [0.717, 1.165) is 35.7 Å². The molecule has 0 N–H and O–H groups in total. The van der Waals surface area contributed by atoms with Crippen LogP contribution in [0.1, 0.15) is 48.4 Å². The van der Waals surface area contributed by atoms with E-state index >= 15 is 0 Å². The van der Waals surface area contributed by atoms with Crippen molar-refractivity contribution in [2.45, 2.75) is 37.6 Å². The van der Waals surface area contributed by atoms with Crippen molar-refractivity contribution in [3.8, 4) is 11.5 Å². The average molecular weight is 327 g/mol. The third-order valence-electron chi connectivity index (χ3n) is 4.77. The van der Waals surface area contributed by atoms with E-state index < -0.39 is 0 Å². The number of aromatic nitrogens is 2. The number of benzene rings is 1. The van der Waals surface area contributed by atoms with E-state index in [0.29, 0.717) is 31.3 Å². The Kier molecular flexibility index (Phi) is 3.01. The molecule has 1 saturated heterocycles. The van der Waals surface area contributed by atoms with Gasteiger partial charge < -0.3 is 18.9 Å². The van der Waals surface area contributed by atoms with Crippen LogP contribution in [-0.4, -0.2) is 34.3 Å². The summed E-state index contributed by atoms with van der Waals surface area (Å²) >= 11 is 0. The van der Waals surface area contributed by atoms with Crippen LogP contribution in [0.5, 0.6) is 11.5 Å². The number of carbonyl (C=O) groups is 1. The Morgan fingerprint density at radius 3 is 2.92 bits per heavy atom. The fraction of sp³-hybridized carbons (Fsp3) is 0.471. The Hall–Kier alpha value is -2.57. The number of fused-ring (bicyclic) bond motifs is 1. The summed E-state index contributed by atoms with van der Waals surface area (Å²) in [6, 6.07) is 5.78. The first-order valence-electron chi connectivity index (χ1n) is 8.26. The molecule has 1 aromatic heterocycles. The lowest BCUT2D eigenvalue weighted by molar-refractivity contribution is -0.128. The molecule has 1 atom stereocenters. The molecular formula is C17H17N3O4. The molecule has 1 aliphatic carbocycles. The zero-order valence-electron chi connectivity index (χ0n) is 13.1. The first-order valence-corrected chi connectivity index (χ1v) is 8.26. The third kappa shape index (κ3) is 2.40. The number of likely N-dealkylation sites (tertiary alicyclic amines) is 1. The summed E-state index contributed by atoms with van der Waals surface area (Å²) in [6.45, 7) is 1.42. The van der Waals surface area contributed by atoms with Crippen molar-refractivity contribution < 1.29 is 18.8 Å². The van der Waals surface area contributed by atoms with Crippen molar-refractivity contribution in [3.05, 3.63) is 35.5 Å². The maximum absolute atomic E-state index is 12.3. The smallest absolute Gasteiger partial charge is 0.232 e. The van der Waals surface area contributed by atoms with Crippen LogP contribution in [0.3, 0.4) is 0 Å². The maximum atomic E-state index is 12.3. The van der Waals surface area contributed by atoms with Gasteiger partial charge in [0, 0.05) is 25.4 Å². The number of amides is 1. The van der Waals surface area contributed by atoms with Crippen molar-refractivity contribution in [1.82, 2.24) is 15.0 Å². The number of hydrogen-bond acceptors (Lipinski definition) is 6. The highest BCUT2D eigenvalue weighted by Gasteiger charge is 2.36. The molecule has 2 aliphatic heterocycles. The van der Waals surface area contributed by atoms with Gasteiger partial charge in [-0.1, -0.05) is 11.2 Å². The van der Waals surface area contributed by atoms with Gasteiger partial charge in [0.15, 0.2) is 17.3 Å². The van der Waals surface area contributed by atoms with Crippen LogP contribution >= 0.6 is 0 Å². The van der Waals surface area contributed by atoms with Crippen LogP contribution in [0.25, 0.3) is 0 Å². The third-order valence-corrected chi connectivity index (χ3v) is 4.77. The normalized spacial score (nSPS) is 22.4. The Bertz CT molecular complexity index is 799. The molecule has 3 aliphatic rings. The summed E-state index contributed by atoms with van der Waals surface area (Å²) in [7, 11) is 0. The van der Waals surface area contributed by atoms with Gasteiger partial charge in [-0.2, -0.15) is 4.98 Å². The zero-order chi connectivity index (χ0) is 16.1. The molecule has 1 unspecified atom stereocenters. The SMILES string of the molecule is O=C1CC(c2nc(C3CC3)no2)CN1Cc1ccc2c(c1)OCO2. The van der Waals surface area contributed by atoms with E-state index in [1.54, 1.807) is 0 Å². The maximum Gasteiger partial charge on any atom is 0.232 e. The van der Waals surface area contributed by atoms with Gasteiger partial charge in [-0.05, 0) is 30.5 Å². The summed E-state index contributed by atoms with van der Waals surface area (Å²) in [4.78, 5) is 18.7. The number of hydrogen-bond donors (Lipinski definition) is 0. The largest absolute Gasteiger partial charge is 0.454 e. The predicted octanol–water partition coefficient (Wildman–Crippen LogP) is 2.19. The minimum atomic E-state index is -0.00786. The molecule has 24 heavy (non-hydrogen) atoms. The van der Waals surface area contributed by atoms with Gasteiger partial charge >= 0.3 is 0 Å². The van der Waals surface area contributed by atoms with Gasteiger partial charge in [0.1, 0.15) is 0 Å². The molecule has 2 fully saturated rings. The van der Waals surface area contributed by atoms with E-state index in [9.17, 15) is 4.79 Å². The summed E-state index contributed by atoms with van der Waals surface area (Å²) < 4.78 is 16.1. The van der Waals surface area contributed by atoms with Crippen molar-refractivity contribution in [3.63, 3.8) is 0 Å². The van der Waals surface area contributed by atoms with Crippen molar-refractivity contribution in [1.29, 1.82) is 0 Å². The lowest BCUT2D eigenvalue weighted by Gasteiger charge is -2.16. The number of nitrogens with zero attached hydrogens (tertiary/aromatic N) is 3. The Morgan fingerprint density at radius 2 is 2.04 bits per heavy atom. The fourth-order valence-electron chi connectivity index (χ4n) is 3.27. The van der Waals surface area contributed by atoms with E-state index in [-0.39, 0.29) is 18.6 Å². The summed E-state index contributed by atoms with van der Waals surface area (Å²) in [6.07, 6.45) is 2.70. The molecule has 5 rings (SSSR count). The molecule has 1 aromatic carbocycles. The highest BCUT2D eigenvalue weighted by molar-refractivity contribution is 5.79. The van der Waals surface area contributed by atoms with Gasteiger partial charge in [-0.3, -0.25) is 4.79 Å². The Labute approximate surface area is 138 Å². The zero-order valence-corrected chi connectivity index (χ0v) is 13.1. The first kappa shape index (κ1) is 13.8. The fourth-order valence-corrected chi connectivity index (χ4v) is 3.27. The number of carbonyl (C=O) groups excluding carboxylic acids is 1. The molecule has 7 nitrogen and oxygen atoms in total. The van der Waals surface area contributed by atoms with Crippen LogP contribution in [0.2, 0.25) is 0 Å². The van der Waals surface area contributed by atoms with Crippen molar-refractivity contribution in [2.75, 3.05) is 13.3 Å². The molecule has 124 valence electrons. The summed E-state index contributed by atoms with van der Waals surface area (Å²) in [5.74, 6) is 3.45. The Balaban J connectivity index is 1.29. The topological polar surface area (TPSA) is 77.7 Å². The lowest BCUT2D eigenvalue weighted by atomic mass is 10.1. The predicted molar refractivity (Wildman–Crippen MR) is 81.6 cm³/mol. The van der Waals surface area contributed by atoms with Crippen LogP contribution in [-0.2, 0) is 11.3 Å². The van der Waals surface area contributed by atoms with Crippen LogP contribution < -0.4 is 9.47 Å². The standard InChI is InChI=1S/C17H17N3O4/c21-15-6-12(17-18-16(19-24-17)11-2-3-11)8-20(15)7-10-1-4-13-14(5-10)23-9-22-13/h1,4-5,11-12H,2-3,6-9H2. The minimum Gasteiger partial charge on any atom is -0.454 e. The highest BCUT2D eigenvalue weighted by Crippen LogP contribution is 2.39. The molecular weight excluding hydrogens is 310 g/mol. The van der Waals surface area contributed by atoms with Gasteiger partial charge in [0.25, 0.3) is 0 Å². The highest BCUT2D eigenvalue weighted by atomic mass is 16.7. The van der Waals surface area contributed by atoms with Crippen molar-refractivity contribution >= 4 is 5.91 Å². The average Bonchev–Trinajstić information content (AvgIpc) is 2.99. The molecule has 2 aromatic rings. The van der Waals surface area contributed by atoms with Crippen molar-refractivity contribution in [2.24, 2.45) is 0 Å². The van der Waals surface area contributed by atoms with Crippen LogP contribution in [0.15, 0.2) is 22.7 Å². The van der Waals surface area contributed by atoms with Gasteiger partial charge in [-0.25, -0.2) is 0 Å². The lowest BCUT2D eigenvalue weighted by Crippen LogP contribution is -2.24. The van der Waals surface area contributed by atoms with E-state index in [1.807, 2.05) is 23.1 Å². The van der Waals surface area contributed by atoms with E-state index in [2.05, 4.69) is 10.1 Å². The van der Waals surface area contributed by atoms with Gasteiger partial charge in [0.05, 0.1) is 5.92 Å². The quantitative estimate of drug-likeness (QED) is 0.856. The van der Waals surface area contributed by atoms with Gasteiger partial charge in [-0.15, -0.1) is 0 Å². The minimum absolute atomic E-state index is 0.00786. The molecule has 0 spiro atoms. The number of rotatable bonds is 4. The van der Waals surface area contributed by atoms with E-state index in [4.69, 9.17) is 14.0 Å². The van der Waals surface area contributed by atoms with Gasteiger partial charge in [0.2, 0.25) is 18.6 Å². The summed E-state index contributed by atoms with van der Waals surface area (Å²) in [5, 5.41) is 4.05. The molecule has 7 heteroatoms. The monoisotopic (exact) mass is 327 g/mol.